The number of nitrogens with one attached hydrogen (secondary N) is 1. The molecule has 0 bridgehead atoms. The first-order valence-corrected chi connectivity index (χ1v) is 10.8. The van der Waals surface area contributed by atoms with Gasteiger partial charge in [-0.05, 0) is 67.6 Å². The van der Waals surface area contributed by atoms with Crippen molar-refractivity contribution in [3.05, 3.63) is 65.5 Å². The van der Waals surface area contributed by atoms with Crippen LogP contribution in [0.5, 0.6) is 5.75 Å². The Labute approximate surface area is 181 Å². The van der Waals surface area contributed by atoms with E-state index in [4.69, 9.17) is 9.26 Å². The molecule has 2 saturated carbocycles. The summed E-state index contributed by atoms with van der Waals surface area (Å²) >= 11 is 0. The van der Waals surface area contributed by atoms with Crippen molar-refractivity contribution in [1.82, 2.24) is 20.4 Å². The van der Waals surface area contributed by atoms with Gasteiger partial charge in [-0.1, -0.05) is 17.3 Å². The van der Waals surface area contributed by atoms with E-state index in [2.05, 4.69) is 20.4 Å². The van der Waals surface area contributed by atoms with E-state index in [9.17, 15) is 4.79 Å². The monoisotopic (exact) mass is 418 g/mol. The summed E-state index contributed by atoms with van der Waals surface area (Å²) in [5, 5.41) is 7.17. The molecule has 2 aliphatic rings. The molecule has 0 aliphatic heterocycles. The summed E-state index contributed by atoms with van der Waals surface area (Å²) in [6, 6.07) is 16.4. The SMILES string of the molecule is COc1ccc(-c2noc(CN(Cc3ccc(C(=O)NC4CC4)cc3)C3CC3)n2)cc1. The zero-order valence-corrected chi connectivity index (χ0v) is 17.6. The number of methoxy groups -OCH3 is 1. The zero-order chi connectivity index (χ0) is 21.2. The molecule has 5 rings (SSSR count). The Bertz CT molecular complexity index is 1040. The van der Waals surface area contributed by atoms with Crippen LogP contribution in [0, 0.1) is 0 Å². The molecule has 0 atom stereocenters. The van der Waals surface area contributed by atoms with Crippen LogP contribution in [0.3, 0.4) is 0 Å². The Balaban J connectivity index is 1.23. The van der Waals surface area contributed by atoms with Gasteiger partial charge >= 0.3 is 0 Å². The second-order valence-electron chi connectivity index (χ2n) is 8.32. The van der Waals surface area contributed by atoms with Crippen LogP contribution >= 0.6 is 0 Å². The third-order valence-corrected chi connectivity index (χ3v) is 5.73. The molecule has 7 nitrogen and oxygen atoms in total. The van der Waals surface area contributed by atoms with Gasteiger partial charge in [-0.25, -0.2) is 0 Å². The molecule has 31 heavy (non-hydrogen) atoms. The molecule has 0 spiro atoms. The highest BCUT2D eigenvalue weighted by Gasteiger charge is 2.30. The maximum atomic E-state index is 12.2. The Kier molecular flexibility index (Phi) is 5.42. The van der Waals surface area contributed by atoms with Crippen LogP contribution in [0.25, 0.3) is 11.4 Å². The Hall–Kier alpha value is -3.19. The quantitative estimate of drug-likeness (QED) is 0.569. The van der Waals surface area contributed by atoms with Crippen LogP contribution in [0.1, 0.15) is 47.5 Å². The van der Waals surface area contributed by atoms with Crippen LogP contribution in [0.2, 0.25) is 0 Å². The summed E-state index contributed by atoms with van der Waals surface area (Å²) in [5.74, 6) is 2.01. The maximum absolute atomic E-state index is 12.2. The number of carbonyl (C=O) groups excluding carboxylic acids is 1. The predicted octanol–water partition coefficient (Wildman–Crippen LogP) is 3.80. The average molecular weight is 418 g/mol. The molecule has 1 amide bonds. The van der Waals surface area contributed by atoms with Crippen LogP contribution in [0.15, 0.2) is 53.1 Å². The highest BCUT2D eigenvalue weighted by atomic mass is 16.5. The molecule has 160 valence electrons. The number of amides is 1. The summed E-state index contributed by atoms with van der Waals surface area (Å²) in [6.45, 7) is 1.40. The van der Waals surface area contributed by atoms with E-state index in [1.54, 1.807) is 7.11 Å². The molecule has 7 heteroatoms. The lowest BCUT2D eigenvalue weighted by molar-refractivity contribution is 0.0951. The van der Waals surface area contributed by atoms with Crippen molar-refractivity contribution in [3.63, 3.8) is 0 Å². The van der Waals surface area contributed by atoms with E-state index in [-0.39, 0.29) is 5.91 Å². The summed E-state index contributed by atoms with van der Waals surface area (Å²) < 4.78 is 10.7. The second-order valence-corrected chi connectivity index (χ2v) is 8.32. The highest BCUT2D eigenvalue weighted by Crippen LogP contribution is 2.30. The zero-order valence-electron chi connectivity index (χ0n) is 17.6. The van der Waals surface area contributed by atoms with E-state index in [1.165, 1.54) is 18.4 Å². The second kappa shape index (κ2) is 8.51. The highest BCUT2D eigenvalue weighted by molar-refractivity contribution is 5.94. The molecule has 3 aromatic rings. The van der Waals surface area contributed by atoms with Crippen molar-refractivity contribution in [1.29, 1.82) is 0 Å². The molecule has 1 N–H and O–H groups in total. The minimum Gasteiger partial charge on any atom is -0.497 e. The predicted molar refractivity (Wildman–Crippen MR) is 115 cm³/mol. The third-order valence-electron chi connectivity index (χ3n) is 5.73. The van der Waals surface area contributed by atoms with Gasteiger partial charge in [0.25, 0.3) is 5.91 Å². The Morgan fingerprint density at radius 1 is 1.06 bits per heavy atom. The van der Waals surface area contributed by atoms with E-state index in [1.807, 2.05) is 48.5 Å². The van der Waals surface area contributed by atoms with E-state index in [0.717, 1.165) is 36.3 Å². The number of nitrogens with zero attached hydrogens (tertiary/aromatic N) is 3. The minimum absolute atomic E-state index is 0.0185. The van der Waals surface area contributed by atoms with Gasteiger partial charge in [-0.3, -0.25) is 9.69 Å². The number of rotatable bonds is 9. The van der Waals surface area contributed by atoms with Crippen molar-refractivity contribution >= 4 is 5.91 Å². The first kappa shape index (κ1) is 19.8. The summed E-state index contributed by atoms with van der Waals surface area (Å²) in [6.07, 6.45) is 4.55. The minimum atomic E-state index is 0.0185. The van der Waals surface area contributed by atoms with Crippen molar-refractivity contribution < 1.29 is 14.1 Å². The van der Waals surface area contributed by atoms with Gasteiger partial charge in [-0.2, -0.15) is 4.98 Å². The van der Waals surface area contributed by atoms with Gasteiger partial charge in [-0.15, -0.1) is 0 Å². The van der Waals surface area contributed by atoms with Crippen molar-refractivity contribution in [2.45, 2.75) is 50.9 Å². The molecular weight excluding hydrogens is 392 g/mol. The third kappa shape index (κ3) is 4.94. The van der Waals surface area contributed by atoms with Crippen molar-refractivity contribution in [2.75, 3.05) is 7.11 Å². The van der Waals surface area contributed by atoms with Crippen LogP contribution in [-0.2, 0) is 13.1 Å². The number of ether oxygens (including phenoxy) is 1. The molecule has 0 radical (unpaired) electrons. The lowest BCUT2D eigenvalue weighted by Gasteiger charge is -2.20. The summed E-state index contributed by atoms with van der Waals surface area (Å²) in [4.78, 5) is 19.1. The number of aromatic nitrogens is 2. The molecule has 1 heterocycles. The lowest BCUT2D eigenvalue weighted by Crippen LogP contribution is -2.26. The van der Waals surface area contributed by atoms with Gasteiger partial charge in [0, 0.05) is 29.8 Å². The lowest BCUT2D eigenvalue weighted by atomic mass is 10.1. The molecule has 0 saturated heterocycles. The summed E-state index contributed by atoms with van der Waals surface area (Å²) in [5.41, 5.74) is 2.79. The number of hydrogen-bond donors (Lipinski definition) is 1. The van der Waals surface area contributed by atoms with Gasteiger partial charge in [0.2, 0.25) is 11.7 Å². The molecule has 2 aliphatic carbocycles. The number of benzene rings is 2. The summed E-state index contributed by atoms with van der Waals surface area (Å²) in [7, 11) is 1.64. The molecule has 0 unspecified atom stereocenters. The molecule has 2 fully saturated rings. The number of hydrogen-bond acceptors (Lipinski definition) is 6. The fourth-order valence-electron chi connectivity index (χ4n) is 3.60. The topological polar surface area (TPSA) is 80.5 Å². The van der Waals surface area contributed by atoms with E-state index < -0.39 is 0 Å². The standard InChI is InChI=1S/C24H26N4O3/c1-30-21-12-6-17(7-13-21)23-26-22(31-27-23)15-28(20-10-11-20)14-16-2-4-18(5-3-16)24(29)25-19-8-9-19/h2-7,12-13,19-20H,8-11,14-15H2,1H3,(H,25,29). The fraction of sp³-hybridized carbons (Fsp3) is 0.375. The van der Waals surface area contributed by atoms with Gasteiger partial charge in [0.15, 0.2) is 0 Å². The fourth-order valence-corrected chi connectivity index (χ4v) is 3.60. The largest absolute Gasteiger partial charge is 0.497 e. The van der Waals surface area contributed by atoms with Crippen molar-refractivity contribution in [2.24, 2.45) is 0 Å². The average Bonchev–Trinajstić information content (AvgIpc) is 3.74. The Morgan fingerprint density at radius 3 is 2.45 bits per heavy atom. The van der Waals surface area contributed by atoms with Crippen LogP contribution in [-0.4, -0.2) is 40.1 Å². The maximum Gasteiger partial charge on any atom is 0.251 e. The Morgan fingerprint density at radius 2 is 1.81 bits per heavy atom. The first-order chi connectivity index (χ1) is 15.2. The van der Waals surface area contributed by atoms with E-state index >= 15 is 0 Å². The molecule has 1 aromatic heterocycles. The normalized spacial score (nSPS) is 15.8. The van der Waals surface area contributed by atoms with Gasteiger partial charge in [0.05, 0.1) is 13.7 Å². The van der Waals surface area contributed by atoms with Gasteiger partial charge < -0.3 is 14.6 Å². The molecular formula is C24H26N4O3. The molecule has 2 aromatic carbocycles. The van der Waals surface area contributed by atoms with Gasteiger partial charge in [0.1, 0.15) is 5.75 Å². The van der Waals surface area contributed by atoms with Crippen LogP contribution in [0.4, 0.5) is 0 Å². The van der Waals surface area contributed by atoms with Crippen molar-refractivity contribution in [3.8, 4) is 17.1 Å². The van der Waals surface area contributed by atoms with Crippen LogP contribution < -0.4 is 10.1 Å². The first-order valence-electron chi connectivity index (χ1n) is 10.8. The number of carbonyl (C=O) groups is 1. The van der Waals surface area contributed by atoms with E-state index in [0.29, 0.717) is 30.3 Å². The smallest absolute Gasteiger partial charge is 0.251 e.